The van der Waals surface area contributed by atoms with E-state index in [2.05, 4.69) is 37.3 Å². The Labute approximate surface area is 159 Å². The van der Waals surface area contributed by atoms with E-state index in [0.29, 0.717) is 18.5 Å². The molecular formula is C23H22O2S. The zero-order valence-electron chi connectivity index (χ0n) is 14.9. The molecule has 1 unspecified atom stereocenters. The summed E-state index contributed by atoms with van der Waals surface area (Å²) in [4.78, 5) is 0. The van der Waals surface area contributed by atoms with Crippen molar-refractivity contribution < 1.29 is 9.47 Å². The van der Waals surface area contributed by atoms with Crippen LogP contribution in [0.25, 0.3) is 0 Å². The summed E-state index contributed by atoms with van der Waals surface area (Å²) < 4.78 is 12.3. The summed E-state index contributed by atoms with van der Waals surface area (Å²) in [5, 5.41) is 0.457. The van der Waals surface area contributed by atoms with Crippen molar-refractivity contribution in [1.82, 2.24) is 0 Å². The molecule has 3 heteroatoms. The molecule has 4 rings (SSSR count). The van der Waals surface area contributed by atoms with E-state index in [-0.39, 0.29) is 0 Å². The van der Waals surface area contributed by atoms with Gasteiger partial charge in [-0.2, -0.15) is 0 Å². The highest BCUT2D eigenvalue weighted by Crippen LogP contribution is 2.47. The SMILES string of the molecule is CC1SCc2cc(OCc3ccccc3)cc(OCc3ccccc3)c21. The van der Waals surface area contributed by atoms with Gasteiger partial charge in [-0.25, -0.2) is 0 Å². The van der Waals surface area contributed by atoms with Crippen LogP contribution in [0.1, 0.15) is 34.4 Å². The average Bonchev–Trinajstić information content (AvgIpc) is 3.07. The van der Waals surface area contributed by atoms with Gasteiger partial charge < -0.3 is 9.47 Å². The molecule has 1 heterocycles. The number of rotatable bonds is 6. The fraction of sp³-hybridized carbons (Fsp3) is 0.217. The fourth-order valence-electron chi connectivity index (χ4n) is 3.21. The normalized spacial score (nSPS) is 15.5. The lowest BCUT2D eigenvalue weighted by atomic mass is 10.0. The quantitative estimate of drug-likeness (QED) is 0.524. The minimum Gasteiger partial charge on any atom is -0.489 e. The highest BCUT2D eigenvalue weighted by Gasteiger charge is 2.25. The lowest BCUT2D eigenvalue weighted by Gasteiger charge is -2.16. The van der Waals surface area contributed by atoms with E-state index in [1.54, 1.807) is 0 Å². The Morgan fingerprint density at radius 3 is 2.12 bits per heavy atom. The number of thioether (sulfide) groups is 1. The zero-order valence-corrected chi connectivity index (χ0v) is 15.7. The lowest BCUT2D eigenvalue weighted by molar-refractivity contribution is 0.287. The third kappa shape index (κ3) is 3.88. The van der Waals surface area contributed by atoms with Crippen LogP contribution in [0, 0.1) is 0 Å². The molecule has 0 amide bonds. The minimum atomic E-state index is 0.457. The summed E-state index contributed by atoms with van der Waals surface area (Å²) in [6, 6.07) is 24.8. The van der Waals surface area contributed by atoms with Crippen molar-refractivity contribution in [2.45, 2.75) is 31.1 Å². The average molecular weight is 362 g/mol. The maximum Gasteiger partial charge on any atom is 0.128 e. The van der Waals surface area contributed by atoms with Crippen molar-refractivity contribution >= 4 is 11.8 Å². The van der Waals surface area contributed by atoms with Gasteiger partial charge in [0.05, 0.1) is 0 Å². The second kappa shape index (κ2) is 7.88. The second-order valence-electron chi connectivity index (χ2n) is 6.50. The number of hydrogen-bond acceptors (Lipinski definition) is 3. The van der Waals surface area contributed by atoms with Gasteiger partial charge in [0.1, 0.15) is 24.7 Å². The lowest BCUT2D eigenvalue weighted by Crippen LogP contribution is -2.02. The van der Waals surface area contributed by atoms with Crippen LogP contribution in [0.5, 0.6) is 11.5 Å². The Morgan fingerprint density at radius 2 is 1.46 bits per heavy atom. The number of fused-ring (bicyclic) bond motifs is 1. The first-order valence-electron chi connectivity index (χ1n) is 8.91. The van der Waals surface area contributed by atoms with Crippen molar-refractivity contribution in [3.8, 4) is 11.5 Å². The first-order valence-corrected chi connectivity index (χ1v) is 9.96. The van der Waals surface area contributed by atoms with Gasteiger partial charge in [-0.05, 0) is 29.7 Å². The van der Waals surface area contributed by atoms with Crippen LogP contribution in [0.3, 0.4) is 0 Å². The molecule has 0 fully saturated rings. The molecule has 3 aromatic carbocycles. The van der Waals surface area contributed by atoms with Crippen LogP contribution >= 0.6 is 11.8 Å². The van der Waals surface area contributed by atoms with Crippen LogP contribution in [0.15, 0.2) is 72.8 Å². The Morgan fingerprint density at radius 1 is 0.846 bits per heavy atom. The molecule has 0 spiro atoms. The molecule has 2 nitrogen and oxygen atoms in total. The molecule has 0 aromatic heterocycles. The molecule has 26 heavy (non-hydrogen) atoms. The largest absolute Gasteiger partial charge is 0.489 e. The highest BCUT2D eigenvalue weighted by molar-refractivity contribution is 7.99. The Hall–Kier alpha value is -2.39. The predicted octanol–water partition coefficient (Wildman–Crippen LogP) is 6.15. The Kier molecular flexibility index (Phi) is 5.16. The second-order valence-corrected chi connectivity index (χ2v) is 7.83. The van der Waals surface area contributed by atoms with E-state index in [0.717, 1.165) is 17.3 Å². The predicted molar refractivity (Wildman–Crippen MR) is 108 cm³/mol. The van der Waals surface area contributed by atoms with Crippen LogP contribution in [0.4, 0.5) is 0 Å². The highest BCUT2D eigenvalue weighted by atomic mass is 32.2. The first kappa shape index (κ1) is 17.0. The van der Waals surface area contributed by atoms with E-state index in [1.165, 1.54) is 22.3 Å². The molecule has 0 aliphatic carbocycles. The van der Waals surface area contributed by atoms with Gasteiger partial charge in [0, 0.05) is 22.6 Å². The van der Waals surface area contributed by atoms with E-state index in [9.17, 15) is 0 Å². The van der Waals surface area contributed by atoms with Gasteiger partial charge in [0.2, 0.25) is 0 Å². The van der Waals surface area contributed by atoms with Crippen LogP contribution < -0.4 is 9.47 Å². The maximum atomic E-state index is 6.20. The monoisotopic (exact) mass is 362 g/mol. The number of ether oxygens (including phenoxy) is 2. The molecule has 0 N–H and O–H groups in total. The first-order chi connectivity index (χ1) is 12.8. The van der Waals surface area contributed by atoms with Gasteiger partial charge in [0.15, 0.2) is 0 Å². The molecule has 1 aliphatic rings. The van der Waals surface area contributed by atoms with Gasteiger partial charge in [-0.3, -0.25) is 0 Å². The third-order valence-corrected chi connectivity index (χ3v) is 5.80. The topological polar surface area (TPSA) is 18.5 Å². The number of benzene rings is 3. The molecule has 132 valence electrons. The Bertz CT molecular complexity index is 862. The van der Waals surface area contributed by atoms with Crippen molar-refractivity contribution in [2.24, 2.45) is 0 Å². The van der Waals surface area contributed by atoms with Gasteiger partial charge >= 0.3 is 0 Å². The summed E-state index contributed by atoms with van der Waals surface area (Å²) in [7, 11) is 0. The molecule has 1 atom stereocenters. The van der Waals surface area contributed by atoms with Crippen molar-refractivity contribution in [3.63, 3.8) is 0 Å². The van der Waals surface area contributed by atoms with Gasteiger partial charge in [-0.15, -0.1) is 11.8 Å². The smallest absolute Gasteiger partial charge is 0.128 e. The summed E-state index contributed by atoms with van der Waals surface area (Å²) in [5.41, 5.74) is 4.99. The molecule has 0 saturated heterocycles. The van der Waals surface area contributed by atoms with Crippen molar-refractivity contribution in [2.75, 3.05) is 0 Å². The standard InChI is InChI=1S/C23H22O2S/c1-17-23-20(16-26-17)12-21(24-14-18-8-4-2-5-9-18)13-22(23)25-15-19-10-6-3-7-11-19/h2-13,17H,14-16H2,1H3. The molecular weight excluding hydrogens is 340 g/mol. The van der Waals surface area contributed by atoms with E-state index >= 15 is 0 Å². The van der Waals surface area contributed by atoms with Crippen LogP contribution in [-0.2, 0) is 19.0 Å². The van der Waals surface area contributed by atoms with Crippen molar-refractivity contribution in [1.29, 1.82) is 0 Å². The van der Waals surface area contributed by atoms with Gasteiger partial charge in [0.25, 0.3) is 0 Å². The summed E-state index contributed by atoms with van der Waals surface area (Å²) in [6.45, 7) is 3.39. The molecule has 0 saturated carbocycles. The van der Waals surface area contributed by atoms with Crippen LogP contribution in [-0.4, -0.2) is 0 Å². The van der Waals surface area contributed by atoms with E-state index < -0.39 is 0 Å². The minimum absolute atomic E-state index is 0.457. The molecule has 0 bridgehead atoms. The van der Waals surface area contributed by atoms with Crippen molar-refractivity contribution in [3.05, 3.63) is 95.1 Å². The third-order valence-electron chi connectivity index (χ3n) is 4.58. The van der Waals surface area contributed by atoms with Crippen LogP contribution in [0.2, 0.25) is 0 Å². The summed E-state index contributed by atoms with van der Waals surface area (Å²) >= 11 is 1.95. The Balaban J connectivity index is 1.54. The molecule has 3 aromatic rings. The zero-order chi connectivity index (χ0) is 17.8. The molecule has 0 radical (unpaired) electrons. The summed E-state index contributed by atoms with van der Waals surface area (Å²) in [5.74, 6) is 2.85. The summed E-state index contributed by atoms with van der Waals surface area (Å²) in [6.07, 6.45) is 0. The maximum absolute atomic E-state index is 6.20. The van der Waals surface area contributed by atoms with Gasteiger partial charge in [-0.1, -0.05) is 60.7 Å². The van der Waals surface area contributed by atoms with E-state index in [1.807, 2.05) is 54.2 Å². The molecule has 1 aliphatic heterocycles. The van der Waals surface area contributed by atoms with E-state index in [4.69, 9.17) is 9.47 Å². The number of hydrogen-bond donors (Lipinski definition) is 0. The fourth-order valence-corrected chi connectivity index (χ4v) is 4.32.